The zero-order valence-electron chi connectivity index (χ0n) is 16.8. The van der Waals surface area contributed by atoms with Crippen molar-refractivity contribution < 1.29 is 14.6 Å². The normalized spacial score (nSPS) is 18.5. The van der Waals surface area contributed by atoms with Gasteiger partial charge in [-0.3, -0.25) is 14.7 Å². The van der Waals surface area contributed by atoms with Crippen molar-refractivity contribution in [3.8, 4) is 17.2 Å². The summed E-state index contributed by atoms with van der Waals surface area (Å²) < 4.78 is 12.1. The van der Waals surface area contributed by atoms with E-state index in [1.165, 1.54) is 31.3 Å². The Balaban J connectivity index is 1.88. The average molecular weight is 399 g/mol. The van der Waals surface area contributed by atoms with Crippen LogP contribution in [0.3, 0.4) is 0 Å². The lowest BCUT2D eigenvalue weighted by molar-refractivity contribution is 0.333. The van der Waals surface area contributed by atoms with Gasteiger partial charge in [-0.25, -0.2) is 9.98 Å². The third kappa shape index (κ3) is 3.48. The number of aromatic hydroxyl groups is 1. The summed E-state index contributed by atoms with van der Waals surface area (Å²) in [6, 6.07) is 4.82. The summed E-state index contributed by atoms with van der Waals surface area (Å²) >= 11 is 0. The van der Waals surface area contributed by atoms with Gasteiger partial charge < -0.3 is 19.5 Å². The van der Waals surface area contributed by atoms with Gasteiger partial charge in [0.05, 0.1) is 14.2 Å². The highest BCUT2D eigenvalue weighted by atomic mass is 16.5. The average Bonchev–Trinajstić information content (AvgIpc) is 2.73. The first-order chi connectivity index (χ1) is 14.0. The van der Waals surface area contributed by atoms with Crippen molar-refractivity contribution in [2.24, 2.45) is 4.99 Å². The van der Waals surface area contributed by atoms with Crippen molar-refractivity contribution >= 4 is 11.9 Å². The quantitative estimate of drug-likeness (QED) is 0.815. The Hall–Kier alpha value is -3.23. The number of aliphatic imine (C=N–C) groups is 1. The van der Waals surface area contributed by atoms with Gasteiger partial charge in [-0.2, -0.15) is 0 Å². The summed E-state index contributed by atoms with van der Waals surface area (Å²) in [5, 5.41) is 13.5. The highest BCUT2D eigenvalue weighted by molar-refractivity contribution is 5.93. The summed E-state index contributed by atoms with van der Waals surface area (Å²) in [6.45, 7) is 3.59. The fourth-order valence-electron chi connectivity index (χ4n) is 3.79. The predicted molar refractivity (Wildman–Crippen MR) is 109 cm³/mol. The summed E-state index contributed by atoms with van der Waals surface area (Å²) in [5.41, 5.74) is 1.08. The molecule has 0 bridgehead atoms. The molecule has 0 aliphatic carbocycles. The number of rotatable bonds is 3. The number of benzene rings is 1. The lowest BCUT2D eigenvalue weighted by Gasteiger charge is -2.34. The number of methoxy groups -OCH3 is 2. The molecule has 0 saturated carbocycles. The number of nitrogens with zero attached hydrogens (tertiary/aromatic N) is 4. The standard InChI is InChI=1S/C20H25N5O4/c1-12-9-16(26)25-18(13-10-14(28-2)17(27)15(11-13)29-3)22-19(23-20(25)21-12)24-7-5-4-6-8-24/h9-11,18,27H,4-8H2,1-3H3,(H,21,22,23)/t18-/m0/s1. The number of guanidine groups is 1. The number of anilines is 1. The van der Waals surface area contributed by atoms with E-state index in [4.69, 9.17) is 14.5 Å². The van der Waals surface area contributed by atoms with Crippen LogP contribution in [0.5, 0.6) is 17.2 Å². The largest absolute Gasteiger partial charge is 0.502 e. The molecule has 2 aromatic rings. The van der Waals surface area contributed by atoms with Gasteiger partial charge in [-0.1, -0.05) is 0 Å². The van der Waals surface area contributed by atoms with Crippen LogP contribution in [-0.2, 0) is 0 Å². The van der Waals surface area contributed by atoms with Crippen LogP contribution in [0, 0.1) is 6.92 Å². The summed E-state index contributed by atoms with van der Waals surface area (Å²) in [7, 11) is 2.93. The van der Waals surface area contributed by atoms with E-state index < -0.39 is 6.17 Å². The van der Waals surface area contributed by atoms with Gasteiger partial charge in [0.15, 0.2) is 17.7 Å². The molecule has 1 atom stereocenters. The smallest absolute Gasteiger partial charge is 0.257 e. The number of hydrogen-bond acceptors (Lipinski definition) is 8. The Labute approximate surface area is 168 Å². The number of phenolic OH excluding ortho intramolecular Hbond substituents is 1. The molecule has 1 aromatic carbocycles. The van der Waals surface area contributed by atoms with Crippen molar-refractivity contribution in [1.82, 2.24) is 14.5 Å². The molecule has 1 saturated heterocycles. The Morgan fingerprint density at radius 3 is 2.38 bits per heavy atom. The van der Waals surface area contributed by atoms with Gasteiger partial charge in [0.25, 0.3) is 5.56 Å². The Morgan fingerprint density at radius 1 is 1.10 bits per heavy atom. The first kappa shape index (κ1) is 19.1. The van der Waals surface area contributed by atoms with Crippen molar-refractivity contribution in [3.05, 3.63) is 39.8 Å². The first-order valence-corrected chi connectivity index (χ1v) is 9.66. The molecule has 0 radical (unpaired) electrons. The molecule has 0 amide bonds. The molecule has 0 unspecified atom stereocenters. The fraction of sp³-hybridized carbons (Fsp3) is 0.450. The van der Waals surface area contributed by atoms with Crippen LogP contribution in [-0.4, -0.2) is 52.8 Å². The second-order valence-corrected chi connectivity index (χ2v) is 7.20. The van der Waals surface area contributed by atoms with Gasteiger partial charge in [0.1, 0.15) is 0 Å². The number of ether oxygens (including phenoxy) is 2. The van der Waals surface area contributed by atoms with Crippen molar-refractivity contribution in [3.63, 3.8) is 0 Å². The summed E-state index contributed by atoms with van der Waals surface area (Å²) in [4.78, 5) is 24.4. The highest BCUT2D eigenvalue weighted by Crippen LogP contribution is 2.40. The molecule has 1 fully saturated rings. The van der Waals surface area contributed by atoms with Gasteiger partial charge >= 0.3 is 0 Å². The van der Waals surface area contributed by atoms with Crippen LogP contribution < -0.4 is 20.3 Å². The fourth-order valence-corrected chi connectivity index (χ4v) is 3.79. The topological polar surface area (TPSA) is 101 Å². The second kappa shape index (κ2) is 7.65. The molecule has 2 N–H and O–H groups in total. The SMILES string of the molecule is COc1cc([C@H]2N=C(N3CCCCC3)Nc3nc(C)cc(=O)n32)cc(OC)c1O. The van der Waals surface area contributed by atoms with Crippen LogP contribution in [0.2, 0.25) is 0 Å². The van der Waals surface area contributed by atoms with Crippen LogP contribution in [0.1, 0.15) is 36.7 Å². The third-order valence-electron chi connectivity index (χ3n) is 5.25. The minimum absolute atomic E-state index is 0.0949. The molecular weight excluding hydrogens is 374 g/mol. The number of nitrogens with one attached hydrogen (secondary N) is 1. The number of aromatic nitrogens is 2. The van der Waals surface area contributed by atoms with E-state index in [-0.39, 0.29) is 22.8 Å². The van der Waals surface area contributed by atoms with Crippen molar-refractivity contribution in [2.45, 2.75) is 32.4 Å². The molecule has 4 rings (SSSR count). The molecule has 154 valence electrons. The van der Waals surface area contributed by atoms with E-state index >= 15 is 0 Å². The monoisotopic (exact) mass is 399 g/mol. The van der Waals surface area contributed by atoms with Gasteiger partial charge in [-0.15, -0.1) is 0 Å². The number of fused-ring (bicyclic) bond motifs is 1. The van der Waals surface area contributed by atoms with Crippen molar-refractivity contribution in [2.75, 3.05) is 32.6 Å². The summed E-state index contributed by atoms with van der Waals surface area (Å²) in [5.74, 6) is 1.55. The zero-order chi connectivity index (χ0) is 20.5. The number of likely N-dealkylation sites (tertiary alicyclic amines) is 1. The lowest BCUT2D eigenvalue weighted by atomic mass is 10.1. The maximum atomic E-state index is 12.8. The molecule has 9 nitrogen and oxygen atoms in total. The highest BCUT2D eigenvalue weighted by Gasteiger charge is 2.29. The van der Waals surface area contributed by atoms with Crippen LogP contribution >= 0.6 is 0 Å². The maximum absolute atomic E-state index is 12.8. The summed E-state index contributed by atoms with van der Waals surface area (Å²) in [6.07, 6.45) is 2.74. The molecule has 0 spiro atoms. The van der Waals surface area contributed by atoms with Gasteiger partial charge in [-0.05, 0) is 38.3 Å². The minimum Gasteiger partial charge on any atom is -0.502 e. The number of hydrogen-bond donors (Lipinski definition) is 2. The number of phenols is 1. The van der Waals surface area contributed by atoms with Crippen LogP contribution in [0.4, 0.5) is 5.95 Å². The molecule has 1 aromatic heterocycles. The van der Waals surface area contributed by atoms with Gasteiger partial charge in [0, 0.05) is 30.4 Å². The van der Waals surface area contributed by atoms with E-state index in [0.29, 0.717) is 23.2 Å². The molecule has 9 heteroatoms. The number of piperidine rings is 1. The molecule has 2 aliphatic heterocycles. The minimum atomic E-state index is -0.660. The zero-order valence-corrected chi connectivity index (χ0v) is 16.8. The molecular formula is C20H25N5O4. The first-order valence-electron chi connectivity index (χ1n) is 9.66. The van der Waals surface area contributed by atoms with E-state index in [1.807, 2.05) is 0 Å². The molecule has 3 heterocycles. The maximum Gasteiger partial charge on any atom is 0.257 e. The molecule has 29 heavy (non-hydrogen) atoms. The Kier molecular flexibility index (Phi) is 5.04. The Morgan fingerprint density at radius 2 is 1.76 bits per heavy atom. The van der Waals surface area contributed by atoms with Crippen LogP contribution in [0.25, 0.3) is 0 Å². The van der Waals surface area contributed by atoms with E-state index in [0.717, 1.165) is 25.9 Å². The van der Waals surface area contributed by atoms with E-state index in [2.05, 4.69) is 15.2 Å². The van der Waals surface area contributed by atoms with E-state index in [1.54, 1.807) is 19.1 Å². The van der Waals surface area contributed by atoms with Gasteiger partial charge in [0.2, 0.25) is 17.7 Å². The predicted octanol–water partition coefficient (Wildman–Crippen LogP) is 2.09. The molecule has 2 aliphatic rings. The lowest BCUT2D eigenvalue weighted by Crippen LogP contribution is -2.45. The van der Waals surface area contributed by atoms with Crippen molar-refractivity contribution in [1.29, 1.82) is 0 Å². The number of aryl methyl sites for hydroxylation is 1. The Bertz CT molecular complexity index is 985. The third-order valence-corrected chi connectivity index (χ3v) is 5.25. The second-order valence-electron chi connectivity index (χ2n) is 7.20. The van der Waals surface area contributed by atoms with Crippen LogP contribution in [0.15, 0.2) is 28.0 Å². The van der Waals surface area contributed by atoms with E-state index in [9.17, 15) is 9.90 Å².